The molecular formula is C16H22FN3O. The van der Waals surface area contributed by atoms with Gasteiger partial charge in [-0.05, 0) is 32.5 Å². The zero-order chi connectivity index (χ0) is 15.4. The topological polar surface area (TPSA) is 39.1 Å². The molecule has 1 heterocycles. The number of halogens is 1. The summed E-state index contributed by atoms with van der Waals surface area (Å²) in [4.78, 5) is 0. The summed E-state index contributed by atoms with van der Waals surface area (Å²) in [5.41, 5.74) is 2.64. The quantitative estimate of drug-likeness (QED) is 0.889. The second kappa shape index (κ2) is 6.72. The first-order valence-corrected chi connectivity index (χ1v) is 7.16. The highest BCUT2D eigenvalue weighted by atomic mass is 19.1. The smallest absolute Gasteiger partial charge is 0.131 e. The van der Waals surface area contributed by atoms with Crippen molar-refractivity contribution in [3.05, 3.63) is 47.0 Å². The molecule has 1 aromatic carbocycles. The maximum Gasteiger partial charge on any atom is 0.131 e. The van der Waals surface area contributed by atoms with Gasteiger partial charge in [0, 0.05) is 24.7 Å². The second-order valence-electron chi connectivity index (χ2n) is 5.09. The van der Waals surface area contributed by atoms with Crippen molar-refractivity contribution in [2.24, 2.45) is 7.05 Å². The first-order valence-electron chi connectivity index (χ1n) is 7.16. The number of nitrogens with one attached hydrogen (secondary N) is 1. The first-order chi connectivity index (χ1) is 10.0. The average molecular weight is 291 g/mol. The Bertz CT molecular complexity index is 610. The van der Waals surface area contributed by atoms with E-state index in [0.717, 1.165) is 17.8 Å². The monoisotopic (exact) mass is 291 g/mol. The van der Waals surface area contributed by atoms with Gasteiger partial charge in [0.05, 0.1) is 11.4 Å². The van der Waals surface area contributed by atoms with E-state index in [1.54, 1.807) is 16.8 Å². The predicted octanol–water partition coefficient (Wildman–Crippen LogP) is 2.98. The number of aromatic nitrogens is 2. The van der Waals surface area contributed by atoms with E-state index in [2.05, 4.69) is 17.3 Å². The Labute approximate surface area is 124 Å². The van der Waals surface area contributed by atoms with E-state index in [1.807, 2.05) is 27.1 Å². The van der Waals surface area contributed by atoms with Crippen molar-refractivity contribution in [1.82, 2.24) is 15.1 Å². The van der Waals surface area contributed by atoms with Crippen LogP contribution in [0, 0.1) is 5.82 Å². The van der Waals surface area contributed by atoms with Crippen LogP contribution >= 0.6 is 0 Å². The molecule has 0 aliphatic heterocycles. The van der Waals surface area contributed by atoms with Crippen LogP contribution in [0.3, 0.4) is 0 Å². The van der Waals surface area contributed by atoms with Crippen LogP contribution in [0.4, 0.5) is 4.39 Å². The van der Waals surface area contributed by atoms with E-state index in [-0.39, 0.29) is 11.9 Å². The number of benzene rings is 1. The molecule has 1 atom stereocenters. The van der Waals surface area contributed by atoms with Crippen molar-refractivity contribution in [2.45, 2.75) is 32.9 Å². The summed E-state index contributed by atoms with van der Waals surface area (Å²) < 4.78 is 21.5. The van der Waals surface area contributed by atoms with Crippen LogP contribution in [0.25, 0.3) is 0 Å². The van der Waals surface area contributed by atoms with E-state index in [0.29, 0.717) is 17.9 Å². The van der Waals surface area contributed by atoms with Crippen LogP contribution in [0.2, 0.25) is 0 Å². The number of hydrogen-bond acceptors (Lipinski definition) is 3. The predicted molar refractivity (Wildman–Crippen MR) is 80.8 cm³/mol. The van der Waals surface area contributed by atoms with Crippen LogP contribution in [0.15, 0.2) is 24.3 Å². The molecule has 0 aliphatic rings. The third-order valence-corrected chi connectivity index (χ3v) is 3.65. The Morgan fingerprint density at radius 2 is 2.14 bits per heavy atom. The van der Waals surface area contributed by atoms with E-state index < -0.39 is 0 Å². The largest absolute Gasteiger partial charge is 0.487 e. The van der Waals surface area contributed by atoms with Gasteiger partial charge >= 0.3 is 0 Å². The summed E-state index contributed by atoms with van der Waals surface area (Å²) >= 11 is 0. The Morgan fingerprint density at radius 3 is 2.71 bits per heavy atom. The summed E-state index contributed by atoms with van der Waals surface area (Å²) in [5.74, 6) is 0.271. The lowest BCUT2D eigenvalue weighted by Gasteiger charge is -2.13. The van der Waals surface area contributed by atoms with Crippen molar-refractivity contribution in [2.75, 3.05) is 7.05 Å². The summed E-state index contributed by atoms with van der Waals surface area (Å²) in [7, 11) is 3.69. The Kier molecular flexibility index (Phi) is 4.96. The molecule has 2 aromatic rings. The van der Waals surface area contributed by atoms with Gasteiger partial charge in [-0.25, -0.2) is 4.39 Å². The van der Waals surface area contributed by atoms with Gasteiger partial charge in [0.2, 0.25) is 0 Å². The van der Waals surface area contributed by atoms with Crippen molar-refractivity contribution < 1.29 is 9.13 Å². The van der Waals surface area contributed by atoms with Crippen molar-refractivity contribution in [3.8, 4) is 5.75 Å². The third-order valence-electron chi connectivity index (χ3n) is 3.65. The standard InChI is InChI=1S/C16H22FN3O/c1-5-12-8-13(20(4)19-12)10-21-14-6-7-15(11(2)18-3)16(17)9-14/h6-9,11,18H,5,10H2,1-4H3. The van der Waals surface area contributed by atoms with Gasteiger partial charge < -0.3 is 10.1 Å². The number of nitrogens with zero attached hydrogens (tertiary/aromatic N) is 2. The highest BCUT2D eigenvalue weighted by Crippen LogP contribution is 2.22. The minimum Gasteiger partial charge on any atom is -0.487 e. The van der Waals surface area contributed by atoms with Gasteiger partial charge in [-0.3, -0.25) is 4.68 Å². The highest BCUT2D eigenvalue weighted by Gasteiger charge is 2.11. The number of ether oxygens (including phenoxy) is 1. The van der Waals surface area contributed by atoms with Crippen LogP contribution < -0.4 is 10.1 Å². The number of rotatable bonds is 6. The lowest BCUT2D eigenvalue weighted by molar-refractivity contribution is 0.293. The van der Waals surface area contributed by atoms with Crippen LogP contribution in [0.5, 0.6) is 5.75 Å². The Balaban J connectivity index is 2.06. The number of aryl methyl sites for hydroxylation is 2. The molecule has 1 N–H and O–H groups in total. The lowest BCUT2D eigenvalue weighted by atomic mass is 10.1. The van der Waals surface area contributed by atoms with E-state index >= 15 is 0 Å². The molecule has 0 saturated heterocycles. The highest BCUT2D eigenvalue weighted by molar-refractivity contribution is 5.30. The summed E-state index contributed by atoms with van der Waals surface area (Å²) in [6.07, 6.45) is 0.888. The second-order valence-corrected chi connectivity index (χ2v) is 5.09. The molecule has 0 aliphatic carbocycles. The lowest BCUT2D eigenvalue weighted by Crippen LogP contribution is -2.13. The van der Waals surface area contributed by atoms with Gasteiger partial charge in [-0.1, -0.05) is 13.0 Å². The van der Waals surface area contributed by atoms with E-state index in [1.165, 1.54) is 6.07 Å². The van der Waals surface area contributed by atoms with Gasteiger partial charge in [0.15, 0.2) is 0 Å². The molecule has 21 heavy (non-hydrogen) atoms. The third kappa shape index (κ3) is 3.61. The SMILES string of the molecule is CCc1cc(COc2ccc(C(C)NC)c(F)c2)n(C)n1. The fourth-order valence-electron chi connectivity index (χ4n) is 2.14. The maximum absolute atomic E-state index is 14.0. The molecule has 4 nitrogen and oxygen atoms in total. The summed E-state index contributed by atoms with van der Waals surface area (Å²) in [6, 6.07) is 6.97. The maximum atomic E-state index is 14.0. The van der Waals surface area contributed by atoms with Gasteiger partial charge in [0.1, 0.15) is 18.2 Å². The average Bonchev–Trinajstić information content (AvgIpc) is 2.85. The van der Waals surface area contributed by atoms with Crippen LogP contribution in [-0.4, -0.2) is 16.8 Å². The van der Waals surface area contributed by atoms with Gasteiger partial charge in [-0.2, -0.15) is 5.10 Å². The summed E-state index contributed by atoms with van der Waals surface area (Å²) in [6.45, 7) is 4.36. The molecule has 1 unspecified atom stereocenters. The molecular weight excluding hydrogens is 269 g/mol. The molecule has 1 aromatic heterocycles. The molecule has 0 spiro atoms. The molecule has 0 saturated carbocycles. The van der Waals surface area contributed by atoms with Crippen molar-refractivity contribution >= 4 is 0 Å². The van der Waals surface area contributed by atoms with Crippen LogP contribution in [0.1, 0.15) is 36.8 Å². The van der Waals surface area contributed by atoms with E-state index in [9.17, 15) is 4.39 Å². The normalized spacial score (nSPS) is 12.4. The van der Waals surface area contributed by atoms with Gasteiger partial charge in [0.25, 0.3) is 0 Å². The first kappa shape index (κ1) is 15.5. The Hall–Kier alpha value is -1.88. The summed E-state index contributed by atoms with van der Waals surface area (Å²) in [5, 5.41) is 7.39. The molecule has 5 heteroatoms. The molecule has 2 rings (SSSR count). The minimum absolute atomic E-state index is 0.0248. The van der Waals surface area contributed by atoms with E-state index in [4.69, 9.17) is 4.74 Å². The van der Waals surface area contributed by atoms with Crippen molar-refractivity contribution in [3.63, 3.8) is 0 Å². The Morgan fingerprint density at radius 1 is 1.38 bits per heavy atom. The van der Waals surface area contributed by atoms with Crippen LogP contribution in [-0.2, 0) is 20.1 Å². The molecule has 114 valence electrons. The fourth-order valence-corrected chi connectivity index (χ4v) is 2.14. The zero-order valence-corrected chi connectivity index (χ0v) is 13.0. The molecule has 0 amide bonds. The fraction of sp³-hybridized carbons (Fsp3) is 0.438. The molecule has 0 radical (unpaired) electrons. The minimum atomic E-state index is -0.256. The molecule has 0 fully saturated rings. The molecule has 0 bridgehead atoms. The van der Waals surface area contributed by atoms with Gasteiger partial charge in [-0.15, -0.1) is 0 Å². The number of hydrogen-bond donors (Lipinski definition) is 1. The van der Waals surface area contributed by atoms with Crippen molar-refractivity contribution in [1.29, 1.82) is 0 Å². The zero-order valence-electron chi connectivity index (χ0n) is 13.0.